The van der Waals surface area contributed by atoms with Crippen LogP contribution in [-0.2, 0) is 6.42 Å². The molecule has 1 nitrogen and oxygen atoms in total. The van der Waals surface area contributed by atoms with Gasteiger partial charge in [0.25, 0.3) is 0 Å². The quantitative estimate of drug-likeness (QED) is 0.590. The summed E-state index contributed by atoms with van der Waals surface area (Å²) in [5, 5.41) is 1.92. The second kappa shape index (κ2) is 5.05. The summed E-state index contributed by atoms with van der Waals surface area (Å²) < 4.78 is 39.4. The van der Waals surface area contributed by atoms with E-state index in [2.05, 4.69) is 0 Å². The molecule has 0 amide bonds. The van der Waals surface area contributed by atoms with Crippen LogP contribution in [0.4, 0.5) is 13.2 Å². The van der Waals surface area contributed by atoms with Crippen molar-refractivity contribution in [2.24, 2.45) is 0 Å². The van der Waals surface area contributed by atoms with Crippen molar-refractivity contribution in [2.45, 2.75) is 25.2 Å². The molecule has 3 rings (SSSR count). The Labute approximate surface area is 118 Å². The average Bonchev–Trinajstić information content (AvgIpc) is 2.91. The first kappa shape index (κ1) is 13.4. The first-order valence-electron chi connectivity index (χ1n) is 6.33. The van der Waals surface area contributed by atoms with Gasteiger partial charge in [0.2, 0.25) is 0 Å². The van der Waals surface area contributed by atoms with Crippen molar-refractivity contribution in [1.82, 2.24) is 0 Å². The van der Waals surface area contributed by atoms with Crippen LogP contribution >= 0.6 is 11.3 Å². The predicted octanol–water partition coefficient (Wildman–Crippen LogP) is 4.47. The molecule has 0 spiro atoms. The second-order valence-corrected chi connectivity index (χ2v) is 5.86. The summed E-state index contributed by atoms with van der Waals surface area (Å²) in [5.41, 5.74) is 0.835. The van der Waals surface area contributed by atoms with Crippen LogP contribution in [0.25, 0.3) is 0 Å². The van der Waals surface area contributed by atoms with Crippen LogP contribution in [-0.4, -0.2) is 5.78 Å². The van der Waals surface area contributed by atoms with Gasteiger partial charge in [0.15, 0.2) is 23.2 Å². The van der Waals surface area contributed by atoms with E-state index in [1.165, 1.54) is 0 Å². The number of hydrogen-bond acceptors (Lipinski definition) is 2. The Morgan fingerprint density at radius 2 is 1.90 bits per heavy atom. The van der Waals surface area contributed by atoms with E-state index in [1.54, 1.807) is 11.3 Å². The van der Waals surface area contributed by atoms with Crippen LogP contribution in [0, 0.1) is 17.5 Å². The lowest BCUT2D eigenvalue weighted by atomic mass is 9.82. The lowest BCUT2D eigenvalue weighted by Gasteiger charge is -2.21. The van der Waals surface area contributed by atoms with Crippen LogP contribution in [0.3, 0.4) is 0 Å². The number of Topliss-reactive ketones (excluding diaryl/α,β-unsaturated/α-hetero) is 1. The van der Waals surface area contributed by atoms with Crippen molar-refractivity contribution in [2.75, 3.05) is 0 Å². The van der Waals surface area contributed by atoms with E-state index in [9.17, 15) is 18.0 Å². The minimum absolute atomic E-state index is 0.106. The zero-order valence-electron chi connectivity index (χ0n) is 10.5. The summed E-state index contributed by atoms with van der Waals surface area (Å²) in [6.45, 7) is 0. The van der Waals surface area contributed by atoms with Crippen molar-refractivity contribution in [3.05, 3.63) is 57.0 Å². The average molecular weight is 296 g/mol. The molecule has 1 aromatic carbocycles. The van der Waals surface area contributed by atoms with Gasteiger partial charge in [-0.05, 0) is 48.4 Å². The molecular weight excluding hydrogens is 285 g/mol. The molecule has 1 aliphatic rings. The maximum atomic E-state index is 13.2. The van der Waals surface area contributed by atoms with E-state index in [1.807, 2.05) is 11.4 Å². The fourth-order valence-electron chi connectivity index (χ4n) is 2.66. The molecule has 0 saturated heterocycles. The van der Waals surface area contributed by atoms with Gasteiger partial charge in [0.05, 0.1) is 0 Å². The fraction of sp³-hybridized carbons (Fsp3) is 0.267. The summed E-state index contributed by atoms with van der Waals surface area (Å²) in [4.78, 5) is 13.6. The largest absolute Gasteiger partial charge is 0.293 e. The van der Waals surface area contributed by atoms with Gasteiger partial charge in [-0.15, -0.1) is 11.3 Å². The molecule has 0 aliphatic heterocycles. The van der Waals surface area contributed by atoms with Crippen LogP contribution in [0.2, 0.25) is 0 Å². The molecule has 0 N–H and O–H groups in total. The number of fused-ring (bicyclic) bond motifs is 1. The molecule has 2 aromatic rings. The summed E-state index contributed by atoms with van der Waals surface area (Å²) >= 11 is 1.59. The Balaban J connectivity index is 1.99. The van der Waals surface area contributed by atoms with Crippen molar-refractivity contribution in [3.63, 3.8) is 0 Å². The van der Waals surface area contributed by atoms with Gasteiger partial charge in [0.1, 0.15) is 0 Å². The first-order valence-corrected chi connectivity index (χ1v) is 7.21. The number of benzene rings is 1. The number of thiophene rings is 1. The molecule has 104 valence electrons. The summed E-state index contributed by atoms with van der Waals surface area (Å²) in [7, 11) is 0. The third-order valence-electron chi connectivity index (χ3n) is 3.64. The van der Waals surface area contributed by atoms with Crippen molar-refractivity contribution >= 4 is 17.1 Å². The lowest BCUT2D eigenvalue weighted by molar-refractivity contribution is 0.0950. The van der Waals surface area contributed by atoms with E-state index < -0.39 is 17.5 Å². The zero-order chi connectivity index (χ0) is 14.3. The Morgan fingerprint density at radius 3 is 2.60 bits per heavy atom. The number of ketones is 1. The molecule has 1 aliphatic carbocycles. The van der Waals surface area contributed by atoms with Crippen LogP contribution in [0.5, 0.6) is 0 Å². The van der Waals surface area contributed by atoms with Crippen LogP contribution in [0.15, 0.2) is 23.6 Å². The smallest absolute Gasteiger partial charge is 0.194 e. The van der Waals surface area contributed by atoms with Crippen molar-refractivity contribution in [1.29, 1.82) is 0 Å². The number of halogens is 3. The molecule has 0 radical (unpaired) electrons. The van der Waals surface area contributed by atoms with E-state index in [0.717, 1.165) is 35.4 Å². The van der Waals surface area contributed by atoms with Gasteiger partial charge in [-0.3, -0.25) is 4.79 Å². The number of carbonyl (C=O) groups excluding carboxylic acids is 1. The van der Waals surface area contributed by atoms with Gasteiger partial charge >= 0.3 is 0 Å². The van der Waals surface area contributed by atoms with Gasteiger partial charge in [0, 0.05) is 16.4 Å². The first-order chi connectivity index (χ1) is 9.58. The standard InChI is InChI=1S/C15H11F3OS/c16-11-6-8(7-12(17)14(11)18)15(19)10-2-1-3-13-9(10)4-5-20-13/h4-7,10H,1-3H2. The Kier molecular flexibility index (Phi) is 3.38. The molecule has 0 fully saturated rings. The number of aryl methyl sites for hydroxylation is 1. The number of rotatable bonds is 2. The minimum atomic E-state index is -1.54. The van der Waals surface area contributed by atoms with E-state index in [0.29, 0.717) is 6.42 Å². The normalized spacial score (nSPS) is 17.9. The van der Waals surface area contributed by atoms with Gasteiger partial charge in [-0.2, -0.15) is 0 Å². The maximum absolute atomic E-state index is 13.2. The highest BCUT2D eigenvalue weighted by molar-refractivity contribution is 7.10. The van der Waals surface area contributed by atoms with E-state index in [-0.39, 0.29) is 17.3 Å². The Hall–Kier alpha value is -1.62. The van der Waals surface area contributed by atoms with Crippen molar-refractivity contribution < 1.29 is 18.0 Å². The van der Waals surface area contributed by atoms with Crippen LogP contribution < -0.4 is 0 Å². The second-order valence-electron chi connectivity index (χ2n) is 4.86. The summed E-state index contributed by atoms with van der Waals surface area (Å²) in [6.07, 6.45) is 2.46. The lowest BCUT2D eigenvalue weighted by Crippen LogP contribution is -2.18. The summed E-state index contributed by atoms with van der Waals surface area (Å²) in [5.74, 6) is -4.91. The minimum Gasteiger partial charge on any atom is -0.293 e. The third kappa shape index (κ3) is 2.16. The number of hydrogen-bond donors (Lipinski definition) is 0. The van der Waals surface area contributed by atoms with E-state index in [4.69, 9.17) is 0 Å². The van der Waals surface area contributed by atoms with Crippen molar-refractivity contribution in [3.8, 4) is 0 Å². The SMILES string of the molecule is O=C(c1cc(F)c(F)c(F)c1)C1CCCc2sccc21. The van der Waals surface area contributed by atoms with Gasteiger partial charge < -0.3 is 0 Å². The zero-order valence-corrected chi connectivity index (χ0v) is 11.3. The topological polar surface area (TPSA) is 17.1 Å². The van der Waals surface area contributed by atoms with Crippen LogP contribution in [0.1, 0.15) is 39.6 Å². The monoisotopic (exact) mass is 296 g/mol. The molecule has 5 heteroatoms. The van der Waals surface area contributed by atoms with E-state index >= 15 is 0 Å². The molecule has 1 aromatic heterocycles. The molecular formula is C15H11F3OS. The highest BCUT2D eigenvalue weighted by Gasteiger charge is 2.29. The molecule has 1 unspecified atom stereocenters. The maximum Gasteiger partial charge on any atom is 0.194 e. The highest BCUT2D eigenvalue weighted by atomic mass is 32.1. The van der Waals surface area contributed by atoms with Gasteiger partial charge in [-0.1, -0.05) is 0 Å². The number of carbonyl (C=O) groups is 1. The molecule has 1 heterocycles. The third-order valence-corrected chi connectivity index (χ3v) is 4.63. The molecule has 0 bridgehead atoms. The Bertz CT molecular complexity index is 655. The fourth-order valence-corrected chi connectivity index (χ4v) is 3.65. The predicted molar refractivity (Wildman–Crippen MR) is 70.6 cm³/mol. The Morgan fingerprint density at radius 1 is 1.20 bits per heavy atom. The highest BCUT2D eigenvalue weighted by Crippen LogP contribution is 2.37. The molecule has 0 saturated carbocycles. The van der Waals surface area contributed by atoms with Gasteiger partial charge in [-0.25, -0.2) is 13.2 Å². The molecule has 1 atom stereocenters. The molecule has 20 heavy (non-hydrogen) atoms. The summed E-state index contributed by atoms with van der Waals surface area (Å²) in [6, 6.07) is 3.45.